The molecule has 0 aliphatic heterocycles. The molecule has 0 radical (unpaired) electrons. The van der Waals surface area contributed by atoms with Crippen LogP contribution >= 0.6 is 15.9 Å². The summed E-state index contributed by atoms with van der Waals surface area (Å²) in [5, 5.41) is 22.8. The Bertz CT molecular complexity index is 703. The highest BCUT2D eigenvalue weighted by Crippen LogP contribution is 2.23. The smallest absolute Gasteiger partial charge is 0.337 e. The van der Waals surface area contributed by atoms with E-state index in [-0.39, 0.29) is 11.3 Å². The number of nitrogens with one attached hydrogen (secondary N) is 1. The predicted octanol–water partition coefficient (Wildman–Crippen LogP) is 3.67. The number of benzene rings is 2. The third kappa shape index (κ3) is 3.79. The molecule has 6 nitrogen and oxygen atoms in total. The summed E-state index contributed by atoms with van der Waals surface area (Å²) in [6.45, 7) is 0.290. The first-order chi connectivity index (χ1) is 9.97. The number of carboxylic acids is 1. The van der Waals surface area contributed by atoms with Crippen LogP contribution in [0.2, 0.25) is 0 Å². The predicted molar refractivity (Wildman–Crippen MR) is 81.5 cm³/mol. The van der Waals surface area contributed by atoms with Crippen LogP contribution in [-0.4, -0.2) is 16.0 Å². The van der Waals surface area contributed by atoms with E-state index in [4.69, 9.17) is 5.11 Å². The van der Waals surface area contributed by atoms with Gasteiger partial charge in [-0.2, -0.15) is 0 Å². The van der Waals surface area contributed by atoms with E-state index >= 15 is 0 Å². The highest BCUT2D eigenvalue weighted by Gasteiger charge is 2.11. The number of nitrogens with zero attached hydrogens (tertiary/aromatic N) is 1. The third-order valence-corrected chi connectivity index (χ3v) is 3.31. The molecule has 0 aliphatic rings. The van der Waals surface area contributed by atoms with Gasteiger partial charge in [0.1, 0.15) is 0 Å². The van der Waals surface area contributed by atoms with Gasteiger partial charge in [-0.05, 0) is 23.8 Å². The molecule has 0 aromatic heterocycles. The second-order valence-electron chi connectivity index (χ2n) is 4.28. The van der Waals surface area contributed by atoms with Gasteiger partial charge in [-0.3, -0.25) is 10.1 Å². The van der Waals surface area contributed by atoms with Crippen molar-refractivity contribution >= 4 is 33.3 Å². The summed E-state index contributed by atoms with van der Waals surface area (Å²) in [7, 11) is 0. The zero-order chi connectivity index (χ0) is 15.4. The average Bonchev–Trinajstić information content (AvgIpc) is 2.45. The first kappa shape index (κ1) is 15.0. The minimum absolute atomic E-state index is 0.00185. The zero-order valence-electron chi connectivity index (χ0n) is 10.7. The second kappa shape index (κ2) is 6.36. The number of anilines is 1. The van der Waals surface area contributed by atoms with Crippen molar-refractivity contribution in [3.05, 3.63) is 68.2 Å². The molecule has 2 aromatic rings. The molecule has 0 heterocycles. The summed E-state index contributed by atoms with van der Waals surface area (Å²) in [5.74, 6) is -1.04. The van der Waals surface area contributed by atoms with Gasteiger partial charge in [0.05, 0.1) is 16.2 Å². The van der Waals surface area contributed by atoms with E-state index in [2.05, 4.69) is 21.2 Å². The van der Waals surface area contributed by atoms with Crippen LogP contribution in [-0.2, 0) is 6.54 Å². The van der Waals surface area contributed by atoms with Crippen molar-refractivity contribution in [2.24, 2.45) is 0 Å². The fourth-order valence-electron chi connectivity index (χ4n) is 1.83. The molecular formula is C14H11BrN2O4. The second-order valence-corrected chi connectivity index (χ2v) is 5.19. The number of rotatable bonds is 5. The Morgan fingerprint density at radius 3 is 2.71 bits per heavy atom. The molecule has 108 valence electrons. The van der Waals surface area contributed by atoms with Crippen LogP contribution in [0.1, 0.15) is 15.9 Å². The Hall–Kier alpha value is -2.41. The number of non-ortho nitro benzene ring substituents is 1. The molecule has 0 spiro atoms. The summed E-state index contributed by atoms with van der Waals surface area (Å²) in [6, 6.07) is 11.0. The normalized spacial score (nSPS) is 10.1. The first-order valence-corrected chi connectivity index (χ1v) is 6.76. The van der Waals surface area contributed by atoms with E-state index in [0.29, 0.717) is 17.8 Å². The molecule has 0 atom stereocenters. The summed E-state index contributed by atoms with van der Waals surface area (Å²) >= 11 is 3.28. The van der Waals surface area contributed by atoms with Crippen molar-refractivity contribution in [2.75, 3.05) is 5.32 Å². The number of hydrogen-bond acceptors (Lipinski definition) is 4. The lowest BCUT2D eigenvalue weighted by molar-refractivity contribution is -0.384. The molecule has 0 bridgehead atoms. The van der Waals surface area contributed by atoms with Gasteiger partial charge in [0.2, 0.25) is 0 Å². The summed E-state index contributed by atoms with van der Waals surface area (Å²) in [4.78, 5) is 21.4. The summed E-state index contributed by atoms with van der Waals surface area (Å²) < 4.78 is 0.744. The number of hydrogen-bond donors (Lipinski definition) is 2. The number of nitro groups is 1. The average molecular weight is 351 g/mol. The third-order valence-electron chi connectivity index (χ3n) is 2.82. The molecule has 2 rings (SSSR count). The largest absolute Gasteiger partial charge is 0.478 e. The van der Waals surface area contributed by atoms with E-state index in [1.54, 1.807) is 24.3 Å². The molecular weight excluding hydrogens is 340 g/mol. The molecule has 2 N–H and O–H groups in total. The van der Waals surface area contributed by atoms with Gasteiger partial charge in [-0.25, -0.2) is 4.79 Å². The van der Waals surface area contributed by atoms with Crippen LogP contribution in [0.3, 0.4) is 0 Å². The van der Waals surface area contributed by atoms with E-state index in [9.17, 15) is 14.9 Å². The highest BCUT2D eigenvalue weighted by atomic mass is 79.9. The van der Waals surface area contributed by atoms with E-state index in [0.717, 1.165) is 4.47 Å². The Labute approximate surface area is 128 Å². The van der Waals surface area contributed by atoms with Crippen molar-refractivity contribution in [3.8, 4) is 0 Å². The van der Waals surface area contributed by atoms with Crippen LogP contribution in [0.5, 0.6) is 0 Å². The maximum atomic E-state index is 11.1. The maximum Gasteiger partial charge on any atom is 0.337 e. The molecule has 0 unspecified atom stereocenters. The minimum Gasteiger partial charge on any atom is -0.478 e. The number of carbonyl (C=O) groups is 1. The molecule has 7 heteroatoms. The van der Waals surface area contributed by atoms with Gasteiger partial charge in [0.25, 0.3) is 5.69 Å². The lowest BCUT2D eigenvalue weighted by Crippen LogP contribution is -2.06. The summed E-state index contributed by atoms with van der Waals surface area (Å²) in [5.41, 5.74) is 1.29. The topological polar surface area (TPSA) is 92.5 Å². The number of nitro benzene ring substituents is 1. The first-order valence-electron chi connectivity index (χ1n) is 5.97. The monoisotopic (exact) mass is 350 g/mol. The van der Waals surface area contributed by atoms with Crippen molar-refractivity contribution in [3.63, 3.8) is 0 Å². The molecule has 21 heavy (non-hydrogen) atoms. The van der Waals surface area contributed by atoms with Crippen LogP contribution in [0.4, 0.5) is 11.4 Å². The Morgan fingerprint density at radius 2 is 2.05 bits per heavy atom. The molecule has 2 aromatic carbocycles. The van der Waals surface area contributed by atoms with Gasteiger partial charge in [0.15, 0.2) is 0 Å². The van der Waals surface area contributed by atoms with Gasteiger partial charge in [0, 0.05) is 23.2 Å². The molecule has 0 amide bonds. The van der Waals surface area contributed by atoms with Gasteiger partial charge in [-0.1, -0.05) is 28.1 Å². The molecule has 0 saturated carbocycles. The highest BCUT2D eigenvalue weighted by molar-refractivity contribution is 9.10. The fourth-order valence-corrected chi connectivity index (χ4v) is 2.19. The Kier molecular flexibility index (Phi) is 4.54. The lowest BCUT2D eigenvalue weighted by atomic mass is 10.1. The van der Waals surface area contributed by atoms with Gasteiger partial charge in [-0.15, -0.1) is 0 Å². The van der Waals surface area contributed by atoms with E-state index in [1.807, 2.05) is 0 Å². The molecule has 0 fully saturated rings. The number of carboxylic acid groups (broad SMARTS) is 1. The summed E-state index contributed by atoms with van der Waals surface area (Å²) in [6.07, 6.45) is 0. The number of halogens is 1. The minimum atomic E-state index is -1.04. The standard InChI is InChI=1S/C14H11BrN2O4/c15-10-4-5-12(14(18)19)13(7-10)16-8-9-2-1-3-11(6-9)17(20)21/h1-7,16H,8H2,(H,18,19). The van der Waals surface area contributed by atoms with E-state index in [1.165, 1.54) is 18.2 Å². The van der Waals surface area contributed by atoms with E-state index < -0.39 is 10.9 Å². The van der Waals surface area contributed by atoms with Crippen molar-refractivity contribution in [2.45, 2.75) is 6.54 Å². The number of aromatic carboxylic acids is 1. The van der Waals surface area contributed by atoms with Crippen LogP contribution in [0.15, 0.2) is 46.9 Å². The van der Waals surface area contributed by atoms with Crippen LogP contribution in [0.25, 0.3) is 0 Å². The van der Waals surface area contributed by atoms with Crippen LogP contribution < -0.4 is 5.32 Å². The van der Waals surface area contributed by atoms with Crippen molar-refractivity contribution < 1.29 is 14.8 Å². The Balaban J connectivity index is 2.20. The Morgan fingerprint density at radius 1 is 1.29 bits per heavy atom. The fraction of sp³-hybridized carbons (Fsp3) is 0.0714. The molecule has 0 aliphatic carbocycles. The van der Waals surface area contributed by atoms with Crippen LogP contribution in [0, 0.1) is 10.1 Å². The SMILES string of the molecule is O=C(O)c1ccc(Br)cc1NCc1cccc([N+](=O)[O-])c1. The lowest BCUT2D eigenvalue weighted by Gasteiger charge is -2.10. The van der Waals surface area contributed by atoms with Gasteiger partial charge < -0.3 is 10.4 Å². The maximum absolute atomic E-state index is 11.1. The van der Waals surface area contributed by atoms with Crippen molar-refractivity contribution in [1.29, 1.82) is 0 Å². The molecule has 0 saturated heterocycles. The van der Waals surface area contributed by atoms with Crippen molar-refractivity contribution in [1.82, 2.24) is 0 Å². The van der Waals surface area contributed by atoms with Gasteiger partial charge >= 0.3 is 5.97 Å². The quantitative estimate of drug-likeness (QED) is 0.633. The zero-order valence-corrected chi connectivity index (χ0v) is 12.3.